The maximum absolute atomic E-state index is 12.7. The van der Waals surface area contributed by atoms with Crippen molar-refractivity contribution in [3.05, 3.63) is 119 Å². The topological polar surface area (TPSA) is 104 Å². The van der Waals surface area contributed by atoms with Crippen LogP contribution in [0.5, 0.6) is 0 Å². The van der Waals surface area contributed by atoms with Gasteiger partial charge in [-0.3, -0.25) is 4.79 Å². The van der Waals surface area contributed by atoms with Crippen LogP contribution in [0.25, 0.3) is 0 Å². The van der Waals surface area contributed by atoms with E-state index < -0.39 is 17.6 Å². The van der Waals surface area contributed by atoms with Gasteiger partial charge in [-0.15, -0.1) is 11.3 Å². The van der Waals surface area contributed by atoms with Crippen LogP contribution in [0, 0.1) is 0 Å². The van der Waals surface area contributed by atoms with Crippen LogP contribution in [0.2, 0.25) is 0 Å². The van der Waals surface area contributed by atoms with E-state index in [1.165, 1.54) is 11.3 Å². The Bertz CT molecular complexity index is 1390. The van der Waals surface area contributed by atoms with Gasteiger partial charge in [0.15, 0.2) is 5.13 Å². The molecule has 1 atom stereocenters. The maximum Gasteiger partial charge on any atom is 0.360 e. The van der Waals surface area contributed by atoms with Gasteiger partial charge in [-0.25, -0.2) is 9.78 Å². The largest absolute Gasteiger partial charge is 0.476 e. The molecule has 210 valence electrons. The van der Waals surface area contributed by atoms with Crippen molar-refractivity contribution >= 4 is 34.1 Å². The fraction of sp³-hybridized carbons (Fsp3) is 0.250. The molecular weight excluding hydrogens is 536 g/mol. The third-order valence-electron chi connectivity index (χ3n) is 7.18. The molecule has 8 nitrogen and oxygen atoms in total. The first-order valence-corrected chi connectivity index (χ1v) is 14.5. The first-order chi connectivity index (χ1) is 20.0. The number of carboxylic acids is 1. The molecule has 1 fully saturated rings. The van der Waals surface area contributed by atoms with Crippen molar-refractivity contribution in [1.29, 1.82) is 0 Å². The van der Waals surface area contributed by atoms with Gasteiger partial charge < -0.3 is 20.2 Å². The van der Waals surface area contributed by atoms with E-state index >= 15 is 0 Å². The number of benzene rings is 3. The van der Waals surface area contributed by atoms with Crippen molar-refractivity contribution in [2.45, 2.75) is 37.8 Å². The van der Waals surface area contributed by atoms with Gasteiger partial charge in [-0.1, -0.05) is 96.2 Å². The van der Waals surface area contributed by atoms with E-state index in [1.54, 1.807) is 17.2 Å². The average molecular weight is 569 g/mol. The smallest absolute Gasteiger partial charge is 0.360 e. The number of carboxylic acid groups (broad SMARTS) is 1. The van der Waals surface area contributed by atoms with Gasteiger partial charge in [0.1, 0.15) is 11.2 Å². The Hall–Kier alpha value is -4.50. The fourth-order valence-electron chi connectivity index (χ4n) is 5.12. The van der Waals surface area contributed by atoms with Crippen molar-refractivity contribution in [1.82, 2.24) is 9.88 Å². The van der Waals surface area contributed by atoms with Crippen LogP contribution in [0.4, 0.5) is 5.13 Å². The van der Waals surface area contributed by atoms with Crippen molar-refractivity contribution in [2.75, 3.05) is 18.4 Å². The molecule has 1 aliphatic rings. The van der Waals surface area contributed by atoms with Crippen LogP contribution in [0.15, 0.2) is 102 Å². The molecule has 0 radical (unpaired) electrons. The Morgan fingerprint density at radius 2 is 1.41 bits per heavy atom. The minimum Gasteiger partial charge on any atom is -0.476 e. The van der Waals surface area contributed by atoms with Crippen LogP contribution in [-0.2, 0) is 20.0 Å². The number of likely N-dealkylation sites (tertiary alicyclic amines) is 1. The van der Waals surface area contributed by atoms with Gasteiger partial charge in [0.25, 0.3) is 5.91 Å². The third kappa shape index (κ3) is 6.15. The predicted octanol–water partition coefficient (Wildman–Crippen LogP) is 5.75. The molecule has 0 saturated carbocycles. The number of amides is 1. The van der Waals surface area contributed by atoms with Crippen molar-refractivity contribution in [3.8, 4) is 0 Å². The van der Waals surface area contributed by atoms with E-state index in [9.17, 15) is 14.7 Å². The first-order valence-electron chi connectivity index (χ1n) is 13.7. The molecule has 2 heterocycles. The number of aromatic nitrogens is 1. The number of nitrogens with one attached hydrogen (secondary N) is 1. The highest BCUT2D eigenvalue weighted by Crippen LogP contribution is 2.40. The maximum atomic E-state index is 12.7. The number of oxime groups is 1. The van der Waals surface area contributed by atoms with Gasteiger partial charge in [-0.05, 0) is 42.9 Å². The number of hydrogen-bond acceptors (Lipinski definition) is 7. The lowest BCUT2D eigenvalue weighted by Crippen LogP contribution is -2.41. The molecule has 0 aliphatic carbocycles. The Balaban J connectivity index is 1.48. The normalized spacial score (nSPS) is 14.8. The summed E-state index contributed by atoms with van der Waals surface area (Å²) < 4.78 is 0. The highest BCUT2D eigenvalue weighted by Gasteiger charge is 2.37. The lowest BCUT2D eigenvalue weighted by Gasteiger charge is -2.36. The van der Waals surface area contributed by atoms with Crippen molar-refractivity contribution in [3.63, 3.8) is 0 Å². The predicted molar refractivity (Wildman–Crippen MR) is 160 cm³/mol. The molecule has 41 heavy (non-hydrogen) atoms. The Morgan fingerprint density at radius 3 is 1.90 bits per heavy atom. The average Bonchev–Trinajstić information content (AvgIpc) is 3.49. The Labute approximate surface area is 243 Å². The molecule has 1 saturated heterocycles. The summed E-state index contributed by atoms with van der Waals surface area (Å²) in [6.07, 6.45) is 2.10. The summed E-state index contributed by atoms with van der Waals surface area (Å²) in [5, 5.41) is 19.6. The Kier molecular flexibility index (Phi) is 8.74. The molecule has 1 aromatic heterocycles. The number of carbonyl (C=O) groups excluding carboxylic acids is 1. The zero-order chi connectivity index (χ0) is 28.7. The van der Waals surface area contributed by atoms with Gasteiger partial charge in [0.2, 0.25) is 11.8 Å². The molecule has 2 N–H and O–H groups in total. The summed E-state index contributed by atoms with van der Waals surface area (Å²) in [6.45, 7) is 2.94. The minimum absolute atomic E-state index is 0.144. The number of thiazole rings is 1. The highest BCUT2D eigenvalue weighted by atomic mass is 32.1. The van der Waals surface area contributed by atoms with E-state index in [4.69, 9.17) is 4.84 Å². The second-order valence-electron chi connectivity index (χ2n) is 9.89. The standard InChI is InChI=1S/C32H32N4O4S/c1-23(29(37)36-20-12-5-13-21-36)40-35-28(30(38)39)27-22-41-31(33-27)34-32(24-14-6-2-7-15-24,25-16-8-3-9-17-25)26-18-10-4-11-19-26/h2-4,6-11,14-19,22-23H,5,12-13,20-21H2,1H3,(H,33,34)(H,38,39)/b35-28+. The van der Waals surface area contributed by atoms with Crippen LogP contribution in [-0.4, -0.2) is 51.8 Å². The van der Waals surface area contributed by atoms with Crippen LogP contribution < -0.4 is 5.32 Å². The molecule has 0 bridgehead atoms. The third-order valence-corrected chi connectivity index (χ3v) is 7.94. The molecular formula is C32H32N4O4S. The zero-order valence-electron chi connectivity index (χ0n) is 22.8. The monoisotopic (exact) mass is 568 g/mol. The molecule has 1 amide bonds. The Morgan fingerprint density at radius 1 is 0.902 bits per heavy atom. The van der Waals surface area contributed by atoms with Crippen LogP contribution in [0.1, 0.15) is 48.6 Å². The number of rotatable bonds is 10. The summed E-state index contributed by atoms with van der Waals surface area (Å²) >= 11 is 1.27. The lowest BCUT2D eigenvalue weighted by atomic mass is 9.77. The second-order valence-corrected chi connectivity index (χ2v) is 10.7. The van der Waals surface area contributed by atoms with Crippen LogP contribution >= 0.6 is 11.3 Å². The van der Waals surface area contributed by atoms with Gasteiger partial charge in [0.05, 0.1) is 0 Å². The molecule has 0 spiro atoms. The van der Waals surface area contributed by atoms with Gasteiger partial charge >= 0.3 is 5.97 Å². The first kappa shape index (κ1) is 28.0. The summed E-state index contributed by atoms with van der Waals surface area (Å²) in [5.41, 5.74) is 1.95. The molecule has 9 heteroatoms. The number of anilines is 1. The summed E-state index contributed by atoms with van der Waals surface area (Å²) in [5.74, 6) is -1.49. The van der Waals surface area contributed by atoms with Crippen molar-refractivity contribution in [2.24, 2.45) is 5.16 Å². The zero-order valence-corrected chi connectivity index (χ0v) is 23.6. The highest BCUT2D eigenvalue weighted by molar-refractivity contribution is 7.14. The lowest BCUT2D eigenvalue weighted by molar-refractivity contribution is -0.144. The van der Waals surface area contributed by atoms with Gasteiger partial charge in [0, 0.05) is 18.5 Å². The second kappa shape index (κ2) is 12.8. The van der Waals surface area contributed by atoms with Crippen molar-refractivity contribution < 1.29 is 19.5 Å². The summed E-state index contributed by atoms with van der Waals surface area (Å²) in [4.78, 5) is 36.7. The number of carbonyl (C=O) groups is 2. The van der Waals surface area contributed by atoms with E-state index in [-0.39, 0.29) is 17.3 Å². The van der Waals surface area contributed by atoms with Gasteiger partial charge in [-0.2, -0.15) is 0 Å². The van der Waals surface area contributed by atoms with E-state index in [0.29, 0.717) is 18.2 Å². The van der Waals surface area contributed by atoms with E-state index in [2.05, 4.69) is 51.9 Å². The molecule has 5 rings (SSSR count). The number of piperidine rings is 1. The summed E-state index contributed by atoms with van der Waals surface area (Å²) in [6, 6.07) is 30.2. The summed E-state index contributed by atoms with van der Waals surface area (Å²) in [7, 11) is 0. The van der Waals surface area contributed by atoms with E-state index in [1.807, 2.05) is 54.6 Å². The number of nitrogens with zero attached hydrogens (tertiary/aromatic N) is 3. The van der Waals surface area contributed by atoms with E-state index in [0.717, 1.165) is 36.0 Å². The fourth-order valence-corrected chi connectivity index (χ4v) is 5.88. The molecule has 3 aromatic carbocycles. The SMILES string of the molecule is CC(O/N=C(/C(=O)O)c1csc(NC(c2ccccc2)(c2ccccc2)c2ccccc2)n1)C(=O)N1CCCCC1. The number of aliphatic carboxylic acids is 1. The minimum atomic E-state index is -1.29. The molecule has 1 unspecified atom stereocenters. The van der Waals surface area contributed by atoms with Crippen LogP contribution in [0.3, 0.4) is 0 Å². The molecule has 1 aliphatic heterocycles. The quantitative estimate of drug-likeness (QED) is 0.143. The number of hydrogen-bond donors (Lipinski definition) is 2. The molecule has 4 aromatic rings.